The average molecular weight is 338 g/mol. The summed E-state index contributed by atoms with van der Waals surface area (Å²) in [5, 5.41) is 0. The van der Waals surface area contributed by atoms with Gasteiger partial charge in [0.25, 0.3) is 0 Å². The Hall–Kier alpha value is -3.26. The maximum absolute atomic E-state index is 4.83. The van der Waals surface area contributed by atoms with Gasteiger partial charge in [-0.2, -0.15) is 0 Å². The van der Waals surface area contributed by atoms with Crippen molar-refractivity contribution < 1.29 is 0 Å². The highest BCUT2D eigenvalue weighted by Gasteiger charge is 2.10. The first kappa shape index (κ1) is 17.6. The van der Waals surface area contributed by atoms with Gasteiger partial charge < -0.3 is 0 Å². The predicted molar refractivity (Wildman–Crippen MR) is 111 cm³/mol. The van der Waals surface area contributed by atoms with Crippen molar-refractivity contribution in [3.8, 4) is 22.6 Å². The van der Waals surface area contributed by atoms with Crippen LogP contribution in [0.25, 0.3) is 28.2 Å². The average Bonchev–Trinajstić information content (AvgIpc) is 2.68. The van der Waals surface area contributed by atoms with Crippen LogP contribution < -0.4 is 0 Å². The molecule has 1 aromatic heterocycles. The van der Waals surface area contributed by atoms with Crippen molar-refractivity contribution >= 4 is 5.57 Å². The highest BCUT2D eigenvalue weighted by molar-refractivity contribution is 5.77. The Labute approximate surface area is 155 Å². The van der Waals surface area contributed by atoms with Crippen LogP contribution in [0, 0.1) is 6.92 Å². The summed E-state index contributed by atoms with van der Waals surface area (Å²) in [5.74, 6) is 0.726. The fraction of sp³-hybridized carbons (Fsp3) is 0.0833. The molecule has 0 saturated heterocycles. The topological polar surface area (TPSA) is 25.8 Å². The predicted octanol–water partition coefficient (Wildman–Crippen LogP) is 6.26. The number of hydrogen-bond acceptors (Lipinski definition) is 2. The van der Waals surface area contributed by atoms with Crippen molar-refractivity contribution in [2.75, 3.05) is 0 Å². The van der Waals surface area contributed by atoms with Crippen LogP contribution in [0.2, 0.25) is 0 Å². The molecule has 1 heterocycles. The Morgan fingerprint density at radius 1 is 0.923 bits per heavy atom. The summed E-state index contributed by atoms with van der Waals surface area (Å²) in [6.45, 7) is 7.90. The van der Waals surface area contributed by atoms with Gasteiger partial charge in [0.2, 0.25) is 0 Å². The molecule has 0 radical (unpaired) electrons. The zero-order valence-electron chi connectivity index (χ0n) is 15.2. The summed E-state index contributed by atoms with van der Waals surface area (Å²) < 4.78 is 0. The maximum atomic E-state index is 4.83. The molecule has 0 aliphatic rings. The molecule has 0 amide bonds. The van der Waals surface area contributed by atoms with Crippen LogP contribution in [0.1, 0.15) is 18.2 Å². The molecule has 2 nitrogen and oxygen atoms in total. The molecule has 2 heteroatoms. The van der Waals surface area contributed by atoms with E-state index in [4.69, 9.17) is 9.97 Å². The molecule has 0 bridgehead atoms. The fourth-order valence-electron chi connectivity index (χ4n) is 2.80. The smallest absolute Gasteiger partial charge is 0.160 e. The van der Waals surface area contributed by atoms with Crippen molar-refractivity contribution in [2.45, 2.75) is 13.8 Å². The molecule has 3 aromatic rings. The van der Waals surface area contributed by atoms with E-state index < -0.39 is 0 Å². The van der Waals surface area contributed by atoms with Gasteiger partial charge >= 0.3 is 0 Å². The zero-order chi connectivity index (χ0) is 18.4. The summed E-state index contributed by atoms with van der Waals surface area (Å²) in [6.07, 6.45) is 7.80. The Balaban J connectivity index is 2.23. The lowest BCUT2D eigenvalue weighted by Gasteiger charge is -2.10. The van der Waals surface area contributed by atoms with Crippen molar-refractivity contribution in [1.29, 1.82) is 0 Å². The van der Waals surface area contributed by atoms with E-state index in [-0.39, 0.29) is 0 Å². The molecule has 0 spiro atoms. The van der Waals surface area contributed by atoms with Gasteiger partial charge in [0, 0.05) is 11.1 Å². The van der Waals surface area contributed by atoms with E-state index in [0.717, 1.165) is 33.9 Å². The van der Waals surface area contributed by atoms with Gasteiger partial charge in [-0.3, -0.25) is 0 Å². The minimum absolute atomic E-state index is 0.726. The van der Waals surface area contributed by atoms with Crippen LogP contribution in [0.4, 0.5) is 0 Å². The van der Waals surface area contributed by atoms with E-state index in [1.807, 2.05) is 61.5 Å². The molecule has 0 atom stereocenters. The lowest BCUT2D eigenvalue weighted by molar-refractivity contribution is 1.15. The third kappa shape index (κ3) is 4.04. The number of aromatic nitrogens is 2. The minimum Gasteiger partial charge on any atom is -0.228 e. The van der Waals surface area contributed by atoms with E-state index in [1.165, 1.54) is 5.56 Å². The highest BCUT2D eigenvalue weighted by atomic mass is 14.9. The monoisotopic (exact) mass is 338 g/mol. The van der Waals surface area contributed by atoms with Crippen molar-refractivity contribution in [2.24, 2.45) is 0 Å². The summed E-state index contributed by atoms with van der Waals surface area (Å²) in [5.41, 5.74) is 6.08. The standard InChI is InChI=1S/C24H22N2/c1-4-10-19(11-5-2)22-17-23(20-13-7-6-8-14-20)26-24(25-22)21-15-9-12-18(3)16-21/h4-17H,1H2,2-3H3/b11-5-,19-10+. The third-order valence-electron chi connectivity index (χ3n) is 4.01. The van der Waals surface area contributed by atoms with E-state index in [2.05, 4.69) is 37.8 Å². The lowest BCUT2D eigenvalue weighted by Crippen LogP contribution is -1.98. The largest absolute Gasteiger partial charge is 0.228 e. The third-order valence-corrected chi connectivity index (χ3v) is 4.01. The Morgan fingerprint density at radius 2 is 1.69 bits per heavy atom. The summed E-state index contributed by atoms with van der Waals surface area (Å²) in [7, 11) is 0. The molecule has 0 unspecified atom stereocenters. The van der Waals surface area contributed by atoms with Gasteiger partial charge in [-0.15, -0.1) is 0 Å². The Morgan fingerprint density at radius 3 is 2.38 bits per heavy atom. The normalized spacial score (nSPS) is 11.7. The van der Waals surface area contributed by atoms with Crippen LogP contribution >= 0.6 is 0 Å². The molecular formula is C24H22N2. The Bertz CT molecular complexity index is 967. The van der Waals surface area contributed by atoms with Gasteiger partial charge in [0.15, 0.2) is 5.82 Å². The summed E-state index contributed by atoms with van der Waals surface area (Å²) in [6, 6.07) is 20.5. The van der Waals surface area contributed by atoms with Gasteiger partial charge in [0.05, 0.1) is 11.4 Å². The molecule has 2 aromatic carbocycles. The second-order valence-electron chi connectivity index (χ2n) is 6.06. The molecule has 128 valence electrons. The van der Waals surface area contributed by atoms with Crippen LogP contribution in [0.3, 0.4) is 0 Å². The molecule has 3 rings (SSSR count). The van der Waals surface area contributed by atoms with E-state index in [0.29, 0.717) is 0 Å². The van der Waals surface area contributed by atoms with Gasteiger partial charge in [-0.25, -0.2) is 9.97 Å². The quantitative estimate of drug-likeness (QED) is 0.513. The van der Waals surface area contributed by atoms with Crippen molar-refractivity contribution in [1.82, 2.24) is 9.97 Å². The van der Waals surface area contributed by atoms with E-state index >= 15 is 0 Å². The van der Waals surface area contributed by atoms with Crippen molar-refractivity contribution in [3.63, 3.8) is 0 Å². The van der Waals surface area contributed by atoms with E-state index in [9.17, 15) is 0 Å². The number of nitrogens with zero attached hydrogens (tertiary/aromatic N) is 2. The van der Waals surface area contributed by atoms with Crippen LogP contribution in [0.5, 0.6) is 0 Å². The zero-order valence-corrected chi connectivity index (χ0v) is 15.2. The molecule has 26 heavy (non-hydrogen) atoms. The van der Waals surface area contributed by atoms with Crippen LogP contribution in [-0.2, 0) is 0 Å². The second kappa shape index (κ2) is 8.21. The first-order chi connectivity index (χ1) is 12.7. The van der Waals surface area contributed by atoms with E-state index in [1.54, 1.807) is 6.08 Å². The number of allylic oxidation sites excluding steroid dienone is 5. The number of rotatable bonds is 5. The first-order valence-electron chi connectivity index (χ1n) is 8.68. The SMILES string of the molecule is C=C/C=C(\C=C/C)c1cc(-c2ccccc2)nc(-c2cccc(C)c2)n1. The summed E-state index contributed by atoms with van der Waals surface area (Å²) in [4.78, 5) is 9.66. The van der Waals surface area contributed by atoms with Crippen LogP contribution in [0.15, 0.2) is 91.5 Å². The molecule has 0 aliphatic heterocycles. The van der Waals surface area contributed by atoms with Gasteiger partial charge in [-0.05, 0) is 31.6 Å². The number of aryl methyl sites for hydroxylation is 1. The van der Waals surface area contributed by atoms with Gasteiger partial charge in [0.1, 0.15) is 0 Å². The van der Waals surface area contributed by atoms with Crippen molar-refractivity contribution in [3.05, 3.63) is 103 Å². The minimum atomic E-state index is 0.726. The highest BCUT2D eigenvalue weighted by Crippen LogP contribution is 2.26. The first-order valence-corrected chi connectivity index (χ1v) is 8.68. The lowest BCUT2D eigenvalue weighted by atomic mass is 10.1. The molecule has 0 fully saturated rings. The molecule has 0 N–H and O–H groups in total. The maximum Gasteiger partial charge on any atom is 0.160 e. The Kier molecular flexibility index (Phi) is 5.55. The summed E-state index contributed by atoms with van der Waals surface area (Å²) >= 11 is 0. The second-order valence-corrected chi connectivity index (χ2v) is 6.06. The molecular weight excluding hydrogens is 316 g/mol. The van der Waals surface area contributed by atoms with Crippen LogP contribution in [-0.4, -0.2) is 9.97 Å². The molecule has 0 saturated carbocycles. The number of hydrogen-bond donors (Lipinski definition) is 0. The fourth-order valence-corrected chi connectivity index (χ4v) is 2.80. The van der Waals surface area contributed by atoms with Gasteiger partial charge in [-0.1, -0.05) is 85.0 Å². The number of benzene rings is 2. The molecule has 0 aliphatic carbocycles.